The number of nitrogens with zero attached hydrogens (tertiary/aromatic N) is 1. The summed E-state index contributed by atoms with van der Waals surface area (Å²) >= 11 is 0. The number of rotatable bonds is 1. The lowest BCUT2D eigenvalue weighted by Gasteiger charge is -2.33. The highest BCUT2D eigenvalue weighted by atomic mass is 16.5. The van der Waals surface area contributed by atoms with Crippen molar-refractivity contribution in [2.45, 2.75) is 25.7 Å². The van der Waals surface area contributed by atoms with Crippen LogP contribution in [0.1, 0.15) is 35.2 Å². The fraction of sp³-hybridized carbons (Fsp3) is 0.588. The van der Waals surface area contributed by atoms with Crippen molar-refractivity contribution in [3.05, 3.63) is 29.3 Å². The van der Waals surface area contributed by atoms with E-state index in [1.165, 1.54) is 11.3 Å². The van der Waals surface area contributed by atoms with Crippen molar-refractivity contribution in [3.63, 3.8) is 0 Å². The molecular weight excluding hydrogens is 264 g/mol. The number of anilines is 1. The molecule has 1 aromatic rings. The monoisotopic (exact) mass is 286 g/mol. The van der Waals surface area contributed by atoms with Gasteiger partial charge in [-0.2, -0.15) is 0 Å². The maximum Gasteiger partial charge on any atom is 0.253 e. The number of hydrogen-bond acceptors (Lipinski definition) is 3. The lowest BCUT2D eigenvalue weighted by Crippen LogP contribution is -2.35. The second kappa shape index (κ2) is 5.02. The fourth-order valence-electron chi connectivity index (χ4n) is 3.94. The Labute approximate surface area is 125 Å². The summed E-state index contributed by atoms with van der Waals surface area (Å²) in [5.41, 5.74) is 3.64. The van der Waals surface area contributed by atoms with Crippen molar-refractivity contribution < 1.29 is 9.53 Å². The molecule has 0 radical (unpaired) electrons. The lowest BCUT2D eigenvalue weighted by molar-refractivity contribution is 0.0191. The van der Waals surface area contributed by atoms with Crippen LogP contribution in [0.15, 0.2) is 18.2 Å². The number of fused-ring (bicyclic) bond motifs is 1. The van der Waals surface area contributed by atoms with E-state index in [0.29, 0.717) is 5.41 Å². The van der Waals surface area contributed by atoms with Crippen LogP contribution in [0.25, 0.3) is 0 Å². The first-order valence-electron chi connectivity index (χ1n) is 8.00. The van der Waals surface area contributed by atoms with Crippen LogP contribution in [-0.4, -0.2) is 43.7 Å². The molecule has 3 aliphatic rings. The van der Waals surface area contributed by atoms with Gasteiger partial charge in [0.1, 0.15) is 0 Å². The number of nitrogens with one attached hydrogen (secondary N) is 1. The summed E-state index contributed by atoms with van der Waals surface area (Å²) in [6.07, 6.45) is 4.36. The third kappa shape index (κ3) is 2.31. The van der Waals surface area contributed by atoms with Crippen LogP contribution in [-0.2, 0) is 11.2 Å². The minimum absolute atomic E-state index is 0.202. The Morgan fingerprint density at radius 3 is 2.95 bits per heavy atom. The minimum atomic E-state index is 0.202. The van der Waals surface area contributed by atoms with Crippen molar-refractivity contribution in [2.75, 3.05) is 38.2 Å². The van der Waals surface area contributed by atoms with Crippen LogP contribution < -0.4 is 5.32 Å². The van der Waals surface area contributed by atoms with Crippen LogP contribution in [0.4, 0.5) is 5.69 Å². The zero-order chi connectivity index (χ0) is 14.3. The lowest BCUT2D eigenvalue weighted by atomic mass is 9.80. The fourth-order valence-corrected chi connectivity index (χ4v) is 3.94. The molecule has 1 N–H and O–H groups in total. The van der Waals surface area contributed by atoms with Crippen LogP contribution in [0, 0.1) is 5.41 Å². The molecule has 2 saturated heterocycles. The Bertz CT molecular complexity index is 564. The van der Waals surface area contributed by atoms with Crippen LogP contribution in [0.5, 0.6) is 0 Å². The largest absolute Gasteiger partial charge is 0.384 e. The smallest absolute Gasteiger partial charge is 0.253 e. The number of amides is 1. The van der Waals surface area contributed by atoms with Crippen molar-refractivity contribution >= 4 is 11.6 Å². The first kappa shape index (κ1) is 13.1. The molecule has 0 atom stereocenters. The molecule has 0 aromatic heterocycles. The van der Waals surface area contributed by atoms with E-state index in [2.05, 4.69) is 22.3 Å². The standard InChI is InChI=1S/C17H22N2O2/c20-16(14-1-2-15-13(11-14)3-7-18-15)19-8-4-17(12-19)5-9-21-10-6-17/h1-2,11,18H,3-10,12H2. The molecule has 112 valence electrons. The summed E-state index contributed by atoms with van der Waals surface area (Å²) in [5, 5.41) is 3.34. The predicted molar refractivity (Wildman–Crippen MR) is 81.6 cm³/mol. The molecule has 0 bridgehead atoms. The number of benzene rings is 1. The van der Waals surface area contributed by atoms with Crippen LogP contribution >= 0.6 is 0 Å². The molecule has 2 fully saturated rings. The van der Waals surface area contributed by atoms with E-state index in [-0.39, 0.29) is 5.91 Å². The zero-order valence-electron chi connectivity index (χ0n) is 12.4. The summed E-state index contributed by atoms with van der Waals surface area (Å²) in [6.45, 7) is 4.50. The van der Waals surface area contributed by atoms with E-state index < -0.39 is 0 Å². The van der Waals surface area contributed by atoms with Gasteiger partial charge in [0, 0.05) is 44.1 Å². The van der Waals surface area contributed by atoms with Gasteiger partial charge in [-0.1, -0.05) is 0 Å². The molecule has 3 heterocycles. The maximum atomic E-state index is 12.7. The van der Waals surface area contributed by atoms with Crippen molar-refractivity contribution in [2.24, 2.45) is 5.41 Å². The third-order valence-electron chi connectivity index (χ3n) is 5.34. The van der Waals surface area contributed by atoms with Gasteiger partial charge in [-0.05, 0) is 54.9 Å². The summed E-state index contributed by atoms with van der Waals surface area (Å²) < 4.78 is 5.48. The highest BCUT2D eigenvalue weighted by Gasteiger charge is 2.41. The molecule has 21 heavy (non-hydrogen) atoms. The van der Waals surface area contributed by atoms with Gasteiger partial charge in [-0.3, -0.25) is 4.79 Å². The van der Waals surface area contributed by atoms with Gasteiger partial charge in [-0.25, -0.2) is 0 Å². The maximum absolute atomic E-state index is 12.7. The number of hydrogen-bond donors (Lipinski definition) is 1. The van der Waals surface area contributed by atoms with Crippen LogP contribution in [0.2, 0.25) is 0 Å². The highest BCUT2D eigenvalue weighted by molar-refractivity contribution is 5.95. The molecule has 1 amide bonds. The van der Waals surface area contributed by atoms with Gasteiger partial charge >= 0.3 is 0 Å². The molecule has 0 saturated carbocycles. The zero-order valence-corrected chi connectivity index (χ0v) is 12.4. The molecule has 0 aliphatic carbocycles. The predicted octanol–water partition coefficient (Wildman–Crippen LogP) is 2.30. The molecule has 4 nitrogen and oxygen atoms in total. The average molecular weight is 286 g/mol. The van der Waals surface area contributed by atoms with E-state index in [1.807, 2.05) is 6.07 Å². The second-order valence-corrected chi connectivity index (χ2v) is 6.64. The van der Waals surface area contributed by atoms with E-state index in [0.717, 1.165) is 64.1 Å². The van der Waals surface area contributed by atoms with Gasteiger partial charge in [0.25, 0.3) is 5.91 Å². The van der Waals surface area contributed by atoms with Crippen molar-refractivity contribution in [1.29, 1.82) is 0 Å². The number of ether oxygens (including phenoxy) is 1. The Balaban J connectivity index is 1.50. The van der Waals surface area contributed by atoms with Gasteiger partial charge in [-0.15, -0.1) is 0 Å². The molecule has 0 unspecified atom stereocenters. The Morgan fingerprint density at radius 2 is 2.10 bits per heavy atom. The number of carbonyl (C=O) groups excluding carboxylic acids is 1. The summed E-state index contributed by atoms with van der Waals surface area (Å²) in [6, 6.07) is 6.09. The number of carbonyl (C=O) groups is 1. The van der Waals surface area contributed by atoms with Gasteiger partial charge in [0.15, 0.2) is 0 Å². The third-order valence-corrected chi connectivity index (χ3v) is 5.34. The molecule has 1 spiro atoms. The van der Waals surface area contributed by atoms with E-state index in [4.69, 9.17) is 4.74 Å². The Hall–Kier alpha value is -1.55. The quantitative estimate of drug-likeness (QED) is 0.861. The molecule has 1 aromatic carbocycles. The summed E-state index contributed by atoms with van der Waals surface area (Å²) in [7, 11) is 0. The topological polar surface area (TPSA) is 41.6 Å². The summed E-state index contributed by atoms with van der Waals surface area (Å²) in [5.74, 6) is 0.202. The second-order valence-electron chi connectivity index (χ2n) is 6.64. The first-order chi connectivity index (χ1) is 10.3. The van der Waals surface area contributed by atoms with Gasteiger partial charge < -0.3 is 15.0 Å². The Morgan fingerprint density at radius 1 is 1.24 bits per heavy atom. The molecule has 3 aliphatic heterocycles. The Kier molecular flexibility index (Phi) is 3.14. The number of likely N-dealkylation sites (tertiary alicyclic amines) is 1. The van der Waals surface area contributed by atoms with Crippen LogP contribution in [0.3, 0.4) is 0 Å². The summed E-state index contributed by atoms with van der Waals surface area (Å²) in [4.78, 5) is 14.8. The van der Waals surface area contributed by atoms with E-state index >= 15 is 0 Å². The van der Waals surface area contributed by atoms with Gasteiger partial charge in [0.05, 0.1) is 0 Å². The molecule has 4 heteroatoms. The minimum Gasteiger partial charge on any atom is -0.384 e. The van der Waals surface area contributed by atoms with E-state index in [1.54, 1.807) is 0 Å². The van der Waals surface area contributed by atoms with E-state index in [9.17, 15) is 4.79 Å². The average Bonchev–Trinajstić information content (AvgIpc) is 3.14. The highest BCUT2D eigenvalue weighted by Crippen LogP contribution is 2.40. The molecular formula is C17H22N2O2. The SMILES string of the molecule is O=C(c1ccc2c(c1)CCN2)N1CCC2(CCOCC2)C1. The molecule has 4 rings (SSSR count). The first-order valence-corrected chi connectivity index (χ1v) is 8.00. The van der Waals surface area contributed by atoms with Crippen molar-refractivity contribution in [1.82, 2.24) is 4.90 Å². The normalized spacial score (nSPS) is 23.1. The van der Waals surface area contributed by atoms with Gasteiger partial charge in [0.2, 0.25) is 0 Å². The van der Waals surface area contributed by atoms with Crippen molar-refractivity contribution in [3.8, 4) is 0 Å².